The molecular formula is C18H32. The molecule has 0 atom stereocenters. The van der Waals surface area contributed by atoms with Crippen LogP contribution < -0.4 is 0 Å². The van der Waals surface area contributed by atoms with E-state index >= 15 is 0 Å². The smallest absolute Gasteiger partial charge is 0.0302 e. The monoisotopic (exact) mass is 248 g/mol. The van der Waals surface area contributed by atoms with E-state index in [1.165, 1.54) is 0 Å². The molecule has 0 aromatic rings. The molecule has 0 aromatic heterocycles. The molecule has 0 aromatic carbocycles. The molecule has 0 amide bonds. The van der Waals surface area contributed by atoms with Gasteiger partial charge in [0.1, 0.15) is 0 Å². The van der Waals surface area contributed by atoms with E-state index in [2.05, 4.69) is 53.7 Å². The maximum Gasteiger partial charge on any atom is -0.0302 e. The number of hydrogen-bond donors (Lipinski definition) is 0. The summed E-state index contributed by atoms with van der Waals surface area (Å²) in [7, 11) is 0. The van der Waals surface area contributed by atoms with Crippen molar-refractivity contribution < 1.29 is 0 Å². The van der Waals surface area contributed by atoms with Gasteiger partial charge in [-0.25, -0.2) is 0 Å². The molecule has 0 rings (SSSR count). The molecule has 0 aliphatic heterocycles. The zero-order valence-corrected chi connectivity index (χ0v) is 13.4. The van der Waals surface area contributed by atoms with Crippen LogP contribution in [0.25, 0.3) is 0 Å². The van der Waals surface area contributed by atoms with Gasteiger partial charge in [0.25, 0.3) is 0 Å². The molecule has 0 nitrogen and oxygen atoms in total. The van der Waals surface area contributed by atoms with E-state index in [1.807, 2.05) is 0 Å². The quantitative estimate of drug-likeness (QED) is 0.425. The standard InChI is InChI=1S/C18H32/c1-7-13-15(9-3)17(11-5)18(12-6)16(10-4)14-8-2/h13-14H,7-12H2,1-6H3/b15-13?,16-14?,18-17-. The first kappa shape index (κ1) is 17.2. The van der Waals surface area contributed by atoms with E-state index in [-0.39, 0.29) is 0 Å². The lowest BCUT2D eigenvalue weighted by Crippen LogP contribution is -1.98. The van der Waals surface area contributed by atoms with Crippen molar-refractivity contribution >= 4 is 0 Å². The van der Waals surface area contributed by atoms with Crippen molar-refractivity contribution in [3.05, 3.63) is 34.4 Å². The van der Waals surface area contributed by atoms with Crippen LogP contribution in [-0.2, 0) is 0 Å². The summed E-state index contributed by atoms with van der Waals surface area (Å²) >= 11 is 0. The lowest BCUT2D eigenvalue weighted by Gasteiger charge is -2.18. The Morgan fingerprint density at radius 2 is 0.889 bits per heavy atom. The Kier molecular flexibility index (Phi) is 9.73. The van der Waals surface area contributed by atoms with E-state index in [0.29, 0.717) is 0 Å². The third-order valence-electron chi connectivity index (χ3n) is 3.51. The maximum absolute atomic E-state index is 2.41. The fourth-order valence-corrected chi connectivity index (χ4v) is 2.72. The number of hydrogen-bond acceptors (Lipinski definition) is 0. The molecule has 0 aliphatic rings. The van der Waals surface area contributed by atoms with Crippen molar-refractivity contribution in [2.75, 3.05) is 0 Å². The molecule has 0 bridgehead atoms. The van der Waals surface area contributed by atoms with Crippen LogP contribution in [-0.4, -0.2) is 0 Å². The van der Waals surface area contributed by atoms with Gasteiger partial charge in [-0.2, -0.15) is 0 Å². The van der Waals surface area contributed by atoms with Crippen LogP contribution in [0.1, 0.15) is 80.1 Å². The minimum absolute atomic E-state index is 1.14. The van der Waals surface area contributed by atoms with Gasteiger partial charge in [0, 0.05) is 0 Å². The Balaban J connectivity index is 5.67. The van der Waals surface area contributed by atoms with E-state index < -0.39 is 0 Å². The molecule has 0 aliphatic carbocycles. The first-order valence-electron chi connectivity index (χ1n) is 7.80. The first-order valence-corrected chi connectivity index (χ1v) is 7.80. The van der Waals surface area contributed by atoms with E-state index in [4.69, 9.17) is 0 Å². The maximum atomic E-state index is 2.41. The Morgan fingerprint density at radius 3 is 1.06 bits per heavy atom. The van der Waals surface area contributed by atoms with Gasteiger partial charge in [-0.1, -0.05) is 53.7 Å². The lowest BCUT2D eigenvalue weighted by atomic mass is 9.88. The topological polar surface area (TPSA) is 0 Å². The minimum Gasteiger partial charge on any atom is -0.0813 e. The summed E-state index contributed by atoms with van der Waals surface area (Å²) < 4.78 is 0. The van der Waals surface area contributed by atoms with Crippen molar-refractivity contribution in [2.24, 2.45) is 0 Å². The van der Waals surface area contributed by atoms with Crippen LogP contribution in [0.2, 0.25) is 0 Å². The SMILES string of the molecule is CCC=C(CC)/C(CC)=C(/CC)C(=CCC)CC. The average molecular weight is 248 g/mol. The van der Waals surface area contributed by atoms with Crippen molar-refractivity contribution in [3.63, 3.8) is 0 Å². The average Bonchev–Trinajstić information content (AvgIpc) is 2.40. The van der Waals surface area contributed by atoms with Crippen LogP contribution in [0, 0.1) is 0 Å². The Bertz CT molecular complexity index is 281. The van der Waals surface area contributed by atoms with Crippen molar-refractivity contribution in [1.29, 1.82) is 0 Å². The number of rotatable bonds is 8. The molecule has 0 saturated carbocycles. The second-order valence-corrected chi connectivity index (χ2v) is 4.65. The second-order valence-electron chi connectivity index (χ2n) is 4.65. The number of allylic oxidation sites excluding steroid dienone is 6. The summed E-state index contributed by atoms with van der Waals surface area (Å²) in [5.74, 6) is 0. The highest BCUT2D eigenvalue weighted by atomic mass is 14.2. The largest absolute Gasteiger partial charge is 0.0813 e. The van der Waals surface area contributed by atoms with E-state index in [9.17, 15) is 0 Å². The predicted octanol–water partition coefficient (Wildman–Crippen LogP) is 6.60. The minimum atomic E-state index is 1.14. The van der Waals surface area contributed by atoms with Crippen LogP contribution in [0.3, 0.4) is 0 Å². The van der Waals surface area contributed by atoms with Gasteiger partial charge >= 0.3 is 0 Å². The van der Waals surface area contributed by atoms with Gasteiger partial charge < -0.3 is 0 Å². The van der Waals surface area contributed by atoms with Gasteiger partial charge in [-0.3, -0.25) is 0 Å². The zero-order valence-electron chi connectivity index (χ0n) is 13.4. The highest BCUT2D eigenvalue weighted by molar-refractivity contribution is 5.44. The molecule has 0 radical (unpaired) electrons. The normalized spacial score (nSPS) is 14.8. The highest BCUT2D eigenvalue weighted by Crippen LogP contribution is 2.30. The summed E-state index contributed by atoms with van der Waals surface area (Å²) in [5, 5.41) is 0. The first-order chi connectivity index (χ1) is 8.69. The second kappa shape index (κ2) is 10.2. The Morgan fingerprint density at radius 1 is 0.556 bits per heavy atom. The van der Waals surface area contributed by atoms with E-state index in [0.717, 1.165) is 38.5 Å². The van der Waals surface area contributed by atoms with Crippen molar-refractivity contribution in [2.45, 2.75) is 80.1 Å². The third-order valence-corrected chi connectivity index (χ3v) is 3.51. The van der Waals surface area contributed by atoms with Gasteiger partial charge in [-0.05, 0) is 60.8 Å². The van der Waals surface area contributed by atoms with Gasteiger partial charge in [0.15, 0.2) is 0 Å². The summed E-state index contributed by atoms with van der Waals surface area (Å²) in [6.45, 7) is 13.6. The fourth-order valence-electron chi connectivity index (χ4n) is 2.72. The van der Waals surface area contributed by atoms with Crippen molar-refractivity contribution in [3.8, 4) is 0 Å². The van der Waals surface area contributed by atoms with E-state index in [1.54, 1.807) is 22.3 Å². The van der Waals surface area contributed by atoms with Crippen LogP contribution >= 0.6 is 0 Å². The van der Waals surface area contributed by atoms with Gasteiger partial charge in [0.05, 0.1) is 0 Å². The molecule has 0 unspecified atom stereocenters. The van der Waals surface area contributed by atoms with Gasteiger partial charge in [-0.15, -0.1) is 0 Å². The molecule has 0 N–H and O–H groups in total. The van der Waals surface area contributed by atoms with Crippen LogP contribution in [0.5, 0.6) is 0 Å². The van der Waals surface area contributed by atoms with Gasteiger partial charge in [0.2, 0.25) is 0 Å². The van der Waals surface area contributed by atoms with Crippen LogP contribution in [0.15, 0.2) is 34.4 Å². The molecule has 0 heteroatoms. The summed E-state index contributed by atoms with van der Waals surface area (Å²) in [6.07, 6.45) is 11.7. The molecule has 0 heterocycles. The predicted molar refractivity (Wildman–Crippen MR) is 84.9 cm³/mol. The third kappa shape index (κ3) is 4.84. The molecule has 0 spiro atoms. The van der Waals surface area contributed by atoms with Crippen molar-refractivity contribution in [1.82, 2.24) is 0 Å². The summed E-state index contributed by atoms with van der Waals surface area (Å²) in [5.41, 5.74) is 6.33. The molecule has 18 heavy (non-hydrogen) atoms. The molecule has 104 valence electrons. The highest BCUT2D eigenvalue weighted by Gasteiger charge is 2.10. The summed E-state index contributed by atoms with van der Waals surface area (Å²) in [4.78, 5) is 0. The van der Waals surface area contributed by atoms with Crippen LogP contribution in [0.4, 0.5) is 0 Å². The lowest BCUT2D eigenvalue weighted by molar-refractivity contribution is 0.924. The molecular weight excluding hydrogens is 216 g/mol. The zero-order chi connectivity index (χ0) is 14.0. The molecule has 0 fully saturated rings. The Labute approximate surface area is 115 Å². The summed E-state index contributed by atoms with van der Waals surface area (Å²) in [6, 6.07) is 0. The Hall–Kier alpha value is -0.780. The fraction of sp³-hybridized carbons (Fsp3) is 0.667. The molecule has 0 saturated heterocycles.